The summed E-state index contributed by atoms with van der Waals surface area (Å²) < 4.78 is 1.85. The maximum atomic E-state index is 5.73. The Hall–Kier alpha value is -1.69. The van der Waals surface area contributed by atoms with Crippen LogP contribution in [0.1, 0.15) is 13.3 Å². The van der Waals surface area contributed by atoms with Crippen molar-refractivity contribution in [2.45, 2.75) is 19.4 Å². The summed E-state index contributed by atoms with van der Waals surface area (Å²) in [7, 11) is 1.99. The van der Waals surface area contributed by atoms with Crippen molar-refractivity contribution in [2.75, 3.05) is 18.5 Å². The molecule has 1 atom stereocenters. The molecule has 0 fully saturated rings. The van der Waals surface area contributed by atoms with E-state index in [1.165, 1.54) is 0 Å². The first-order valence-electron chi connectivity index (χ1n) is 5.29. The van der Waals surface area contributed by atoms with Gasteiger partial charge in [0.15, 0.2) is 5.82 Å². The third-order valence-corrected chi connectivity index (χ3v) is 2.48. The molecule has 0 radical (unpaired) electrons. The topological polar surface area (TPSA) is 72.3 Å². The lowest BCUT2D eigenvalue weighted by molar-refractivity contribution is 0.656. The van der Waals surface area contributed by atoms with Gasteiger partial charge in [-0.3, -0.25) is 4.40 Å². The largest absolute Gasteiger partial charge is 0.356 e. The first kappa shape index (κ1) is 10.8. The minimum Gasteiger partial charge on any atom is -0.356 e. The third kappa shape index (κ3) is 2.11. The standard InChI is InChI=1S/C10H16N6/c1-8(11)3-5-15(2)9-10-14-13-7-16(10)6-4-12-9/h4,6-8H,3,5,11H2,1-2H3. The van der Waals surface area contributed by atoms with E-state index in [1.54, 1.807) is 12.5 Å². The summed E-state index contributed by atoms with van der Waals surface area (Å²) in [4.78, 5) is 6.37. The van der Waals surface area contributed by atoms with Crippen LogP contribution in [-0.2, 0) is 0 Å². The average molecular weight is 220 g/mol. The summed E-state index contributed by atoms with van der Waals surface area (Å²) in [6.45, 7) is 2.86. The lowest BCUT2D eigenvalue weighted by Gasteiger charge is -2.19. The van der Waals surface area contributed by atoms with E-state index < -0.39 is 0 Å². The number of nitrogens with two attached hydrogens (primary N) is 1. The fourth-order valence-corrected chi connectivity index (χ4v) is 1.52. The molecule has 2 aromatic heterocycles. The van der Waals surface area contributed by atoms with Crippen LogP contribution in [-0.4, -0.2) is 39.2 Å². The quantitative estimate of drug-likeness (QED) is 0.802. The van der Waals surface area contributed by atoms with Crippen LogP contribution in [0, 0.1) is 0 Å². The molecule has 2 rings (SSSR count). The van der Waals surface area contributed by atoms with Gasteiger partial charge >= 0.3 is 0 Å². The number of nitrogens with zero attached hydrogens (tertiary/aromatic N) is 5. The van der Waals surface area contributed by atoms with Crippen molar-refractivity contribution in [3.05, 3.63) is 18.7 Å². The molecule has 0 saturated carbocycles. The Labute approximate surface area is 94.1 Å². The summed E-state index contributed by atoms with van der Waals surface area (Å²) in [5.41, 5.74) is 6.50. The minimum atomic E-state index is 0.194. The summed E-state index contributed by atoms with van der Waals surface area (Å²) in [5, 5.41) is 7.91. The molecule has 0 aliphatic heterocycles. The molecule has 2 heterocycles. The molecule has 0 aliphatic carbocycles. The van der Waals surface area contributed by atoms with E-state index >= 15 is 0 Å². The van der Waals surface area contributed by atoms with Crippen LogP contribution in [0.4, 0.5) is 5.82 Å². The van der Waals surface area contributed by atoms with Crippen LogP contribution in [0.2, 0.25) is 0 Å². The van der Waals surface area contributed by atoms with Crippen molar-refractivity contribution in [3.63, 3.8) is 0 Å². The van der Waals surface area contributed by atoms with Crippen molar-refractivity contribution in [1.82, 2.24) is 19.6 Å². The maximum Gasteiger partial charge on any atom is 0.203 e. The summed E-state index contributed by atoms with van der Waals surface area (Å²) in [6, 6.07) is 0.194. The van der Waals surface area contributed by atoms with Crippen LogP contribution < -0.4 is 10.6 Å². The molecule has 0 bridgehead atoms. The molecule has 0 aromatic carbocycles. The second kappa shape index (κ2) is 4.44. The lowest BCUT2D eigenvalue weighted by Crippen LogP contribution is -2.26. The van der Waals surface area contributed by atoms with Crippen molar-refractivity contribution in [2.24, 2.45) is 5.73 Å². The monoisotopic (exact) mass is 220 g/mol. The molecule has 6 heteroatoms. The third-order valence-electron chi connectivity index (χ3n) is 2.48. The average Bonchev–Trinajstić information content (AvgIpc) is 2.73. The van der Waals surface area contributed by atoms with E-state index in [1.807, 2.05) is 29.5 Å². The minimum absolute atomic E-state index is 0.194. The van der Waals surface area contributed by atoms with Gasteiger partial charge in [0, 0.05) is 32.0 Å². The summed E-state index contributed by atoms with van der Waals surface area (Å²) in [6.07, 6.45) is 6.17. The molecule has 86 valence electrons. The molecule has 0 amide bonds. The molecule has 0 spiro atoms. The second-order valence-corrected chi connectivity index (χ2v) is 4.00. The second-order valence-electron chi connectivity index (χ2n) is 4.00. The van der Waals surface area contributed by atoms with Gasteiger partial charge in [0.2, 0.25) is 5.65 Å². The fourth-order valence-electron chi connectivity index (χ4n) is 1.52. The zero-order valence-electron chi connectivity index (χ0n) is 9.54. The van der Waals surface area contributed by atoms with Gasteiger partial charge < -0.3 is 10.6 Å². The van der Waals surface area contributed by atoms with Gasteiger partial charge in [0.25, 0.3) is 0 Å². The number of hydrogen-bond donors (Lipinski definition) is 1. The molecule has 2 aromatic rings. The number of rotatable bonds is 4. The Bertz CT molecular complexity index is 463. The van der Waals surface area contributed by atoms with E-state index in [-0.39, 0.29) is 6.04 Å². The van der Waals surface area contributed by atoms with Gasteiger partial charge in [-0.1, -0.05) is 0 Å². The molecular weight excluding hydrogens is 204 g/mol. The Morgan fingerprint density at radius 3 is 3.12 bits per heavy atom. The van der Waals surface area contributed by atoms with E-state index in [4.69, 9.17) is 5.73 Å². The van der Waals surface area contributed by atoms with Crippen LogP contribution in [0.5, 0.6) is 0 Å². The lowest BCUT2D eigenvalue weighted by atomic mass is 10.2. The predicted molar refractivity (Wildman–Crippen MR) is 62.3 cm³/mol. The van der Waals surface area contributed by atoms with E-state index in [2.05, 4.69) is 15.2 Å². The van der Waals surface area contributed by atoms with Crippen molar-refractivity contribution in [1.29, 1.82) is 0 Å². The highest BCUT2D eigenvalue weighted by atomic mass is 15.3. The van der Waals surface area contributed by atoms with Crippen molar-refractivity contribution < 1.29 is 0 Å². The van der Waals surface area contributed by atoms with E-state index in [0.717, 1.165) is 24.4 Å². The van der Waals surface area contributed by atoms with E-state index in [0.29, 0.717) is 0 Å². The normalized spacial score (nSPS) is 12.9. The number of aromatic nitrogens is 4. The number of fused-ring (bicyclic) bond motifs is 1. The summed E-state index contributed by atoms with van der Waals surface area (Å²) in [5.74, 6) is 0.834. The molecular formula is C10H16N6. The van der Waals surface area contributed by atoms with Crippen LogP contribution in [0.25, 0.3) is 5.65 Å². The van der Waals surface area contributed by atoms with Crippen LogP contribution in [0.15, 0.2) is 18.7 Å². The van der Waals surface area contributed by atoms with Gasteiger partial charge in [-0.15, -0.1) is 10.2 Å². The number of anilines is 1. The van der Waals surface area contributed by atoms with Gasteiger partial charge in [0.05, 0.1) is 0 Å². The smallest absolute Gasteiger partial charge is 0.203 e. The molecule has 2 N–H and O–H groups in total. The first-order chi connectivity index (χ1) is 7.68. The zero-order valence-corrected chi connectivity index (χ0v) is 9.54. The van der Waals surface area contributed by atoms with Gasteiger partial charge in [-0.2, -0.15) is 0 Å². The highest BCUT2D eigenvalue weighted by Gasteiger charge is 2.09. The van der Waals surface area contributed by atoms with Gasteiger partial charge in [-0.25, -0.2) is 4.98 Å². The highest BCUT2D eigenvalue weighted by Crippen LogP contribution is 2.14. The Morgan fingerprint density at radius 1 is 1.56 bits per heavy atom. The maximum absolute atomic E-state index is 5.73. The van der Waals surface area contributed by atoms with Crippen molar-refractivity contribution >= 4 is 11.5 Å². The zero-order chi connectivity index (χ0) is 11.5. The Morgan fingerprint density at radius 2 is 2.38 bits per heavy atom. The molecule has 1 unspecified atom stereocenters. The van der Waals surface area contributed by atoms with Crippen LogP contribution >= 0.6 is 0 Å². The Balaban J connectivity index is 2.22. The molecule has 6 nitrogen and oxygen atoms in total. The molecule has 0 aliphatic rings. The SMILES string of the molecule is CC(N)CCN(C)c1nccn2cnnc12. The van der Waals surface area contributed by atoms with Gasteiger partial charge in [0.1, 0.15) is 6.33 Å². The highest BCUT2D eigenvalue weighted by molar-refractivity contribution is 5.62. The summed E-state index contributed by atoms with van der Waals surface area (Å²) >= 11 is 0. The van der Waals surface area contributed by atoms with Crippen LogP contribution in [0.3, 0.4) is 0 Å². The van der Waals surface area contributed by atoms with E-state index in [9.17, 15) is 0 Å². The predicted octanol–water partition coefficient (Wildman–Crippen LogP) is 0.298. The first-order valence-corrected chi connectivity index (χ1v) is 5.29. The Kier molecular flexibility index (Phi) is 3.00. The molecule has 16 heavy (non-hydrogen) atoms. The van der Waals surface area contributed by atoms with Crippen molar-refractivity contribution in [3.8, 4) is 0 Å². The fraction of sp³-hybridized carbons (Fsp3) is 0.500. The van der Waals surface area contributed by atoms with Gasteiger partial charge in [-0.05, 0) is 13.3 Å². The molecule has 0 saturated heterocycles. The number of hydrogen-bond acceptors (Lipinski definition) is 5.